The van der Waals surface area contributed by atoms with Crippen molar-refractivity contribution in [2.45, 2.75) is 26.9 Å². The molecule has 0 aromatic heterocycles. The molecule has 1 rings (SSSR count). The van der Waals surface area contributed by atoms with Crippen molar-refractivity contribution in [1.29, 1.82) is 0 Å². The molecule has 17 heavy (non-hydrogen) atoms. The average molecular weight is 234 g/mol. The second kappa shape index (κ2) is 5.64. The van der Waals surface area contributed by atoms with E-state index in [0.717, 1.165) is 11.1 Å². The SMILES string of the molecule is CO[C@H](C)c1ccc(O)c(C(=O)C=C(C)C)c1. The Morgan fingerprint density at radius 1 is 1.41 bits per heavy atom. The van der Waals surface area contributed by atoms with Crippen LogP contribution in [0.3, 0.4) is 0 Å². The summed E-state index contributed by atoms with van der Waals surface area (Å²) in [5.41, 5.74) is 2.09. The molecule has 0 unspecified atom stereocenters. The molecular formula is C14H18O3. The number of aromatic hydroxyl groups is 1. The van der Waals surface area contributed by atoms with Crippen molar-refractivity contribution < 1.29 is 14.6 Å². The number of hydrogen-bond donors (Lipinski definition) is 1. The summed E-state index contributed by atoms with van der Waals surface area (Å²) < 4.78 is 5.18. The fourth-order valence-electron chi connectivity index (χ4n) is 1.48. The van der Waals surface area contributed by atoms with Crippen LogP contribution in [0.5, 0.6) is 5.75 Å². The van der Waals surface area contributed by atoms with Gasteiger partial charge in [-0.25, -0.2) is 0 Å². The minimum absolute atomic E-state index is 0.000414. The van der Waals surface area contributed by atoms with Gasteiger partial charge in [-0.05, 0) is 44.5 Å². The van der Waals surface area contributed by atoms with Gasteiger partial charge in [-0.2, -0.15) is 0 Å². The van der Waals surface area contributed by atoms with Crippen LogP contribution in [0.1, 0.15) is 42.8 Å². The molecule has 3 nitrogen and oxygen atoms in total. The molecule has 1 atom stereocenters. The smallest absolute Gasteiger partial charge is 0.189 e. The minimum Gasteiger partial charge on any atom is -0.507 e. The van der Waals surface area contributed by atoms with Crippen LogP contribution in [0.15, 0.2) is 29.8 Å². The van der Waals surface area contributed by atoms with Gasteiger partial charge < -0.3 is 9.84 Å². The molecule has 0 radical (unpaired) electrons. The molecule has 3 heteroatoms. The lowest BCUT2D eigenvalue weighted by atomic mass is 10.0. The van der Waals surface area contributed by atoms with Crippen LogP contribution in [-0.2, 0) is 4.74 Å². The molecule has 92 valence electrons. The van der Waals surface area contributed by atoms with Gasteiger partial charge in [0.2, 0.25) is 0 Å². The second-order valence-corrected chi connectivity index (χ2v) is 4.24. The number of methoxy groups -OCH3 is 1. The predicted octanol–water partition coefficient (Wildman–Crippen LogP) is 3.25. The molecule has 0 fully saturated rings. The van der Waals surface area contributed by atoms with Crippen LogP contribution >= 0.6 is 0 Å². The first kappa shape index (κ1) is 13.5. The highest BCUT2D eigenvalue weighted by Gasteiger charge is 2.12. The van der Waals surface area contributed by atoms with Crippen LogP contribution in [-0.4, -0.2) is 18.0 Å². The van der Waals surface area contributed by atoms with Gasteiger partial charge in [0, 0.05) is 7.11 Å². The number of ketones is 1. The van der Waals surface area contributed by atoms with Gasteiger partial charge in [0.1, 0.15) is 5.75 Å². The van der Waals surface area contributed by atoms with Crippen molar-refractivity contribution in [3.05, 3.63) is 41.0 Å². The Morgan fingerprint density at radius 2 is 2.06 bits per heavy atom. The summed E-state index contributed by atoms with van der Waals surface area (Å²) in [7, 11) is 1.61. The Balaban J connectivity index is 3.15. The molecule has 0 aliphatic heterocycles. The van der Waals surface area contributed by atoms with E-state index in [-0.39, 0.29) is 17.6 Å². The third-order valence-corrected chi connectivity index (χ3v) is 2.53. The van der Waals surface area contributed by atoms with E-state index in [1.54, 1.807) is 19.2 Å². The Bertz CT molecular complexity index is 443. The number of carbonyl (C=O) groups excluding carboxylic acids is 1. The Morgan fingerprint density at radius 3 is 2.59 bits per heavy atom. The molecule has 0 saturated carbocycles. The van der Waals surface area contributed by atoms with Gasteiger partial charge in [0.15, 0.2) is 5.78 Å². The largest absolute Gasteiger partial charge is 0.507 e. The van der Waals surface area contributed by atoms with Crippen LogP contribution in [0.25, 0.3) is 0 Å². The number of phenolic OH excluding ortho intramolecular Hbond substituents is 1. The summed E-state index contributed by atoms with van der Waals surface area (Å²) in [6.45, 7) is 5.58. The number of phenols is 1. The number of rotatable bonds is 4. The zero-order chi connectivity index (χ0) is 13.0. The fraction of sp³-hybridized carbons (Fsp3) is 0.357. The highest BCUT2D eigenvalue weighted by atomic mass is 16.5. The van der Waals surface area contributed by atoms with Gasteiger partial charge >= 0.3 is 0 Å². The summed E-state index contributed by atoms with van der Waals surface area (Å²) in [4.78, 5) is 11.9. The monoisotopic (exact) mass is 234 g/mol. The summed E-state index contributed by atoms with van der Waals surface area (Å²) >= 11 is 0. The summed E-state index contributed by atoms with van der Waals surface area (Å²) in [6.07, 6.45) is 1.41. The molecule has 1 N–H and O–H groups in total. The van der Waals surface area contributed by atoms with Gasteiger partial charge in [0.05, 0.1) is 11.7 Å². The maximum atomic E-state index is 11.9. The first-order valence-electron chi connectivity index (χ1n) is 5.50. The lowest BCUT2D eigenvalue weighted by molar-refractivity contribution is 0.104. The van der Waals surface area contributed by atoms with Crippen LogP contribution in [0.4, 0.5) is 0 Å². The van der Waals surface area contributed by atoms with Gasteiger partial charge in [0.25, 0.3) is 0 Å². The molecule has 1 aromatic carbocycles. The third-order valence-electron chi connectivity index (χ3n) is 2.53. The van der Waals surface area contributed by atoms with E-state index in [9.17, 15) is 9.90 Å². The number of allylic oxidation sites excluding steroid dienone is 2. The molecule has 0 spiro atoms. The zero-order valence-corrected chi connectivity index (χ0v) is 10.7. The first-order valence-corrected chi connectivity index (χ1v) is 5.50. The Hall–Kier alpha value is -1.61. The fourth-order valence-corrected chi connectivity index (χ4v) is 1.48. The van der Waals surface area contributed by atoms with Crippen LogP contribution in [0, 0.1) is 0 Å². The molecular weight excluding hydrogens is 216 g/mol. The van der Waals surface area contributed by atoms with Crippen molar-refractivity contribution in [2.24, 2.45) is 0 Å². The normalized spacial score (nSPS) is 12.0. The standard InChI is InChI=1S/C14H18O3/c1-9(2)7-14(16)12-8-11(10(3)17-4)5-6-13(12)15/h5-8,10,15H,1-4H3/t10-/m1/s1. The first-order chi connectivity index (χ1) is 7.95. The summed E-state index contributed by atoms with van der Waals surface area (Å²) in [5, 5.41) is 9.68. The highest BCUT2D eigenvalue weighted by molar-refractivity contribution is 6.06. The van der Waals surface area contributed by atoms with Crippen molar-refractivity contribution in [3.63, 3.8) is 0 Å². The number of carbonyl (C=O) groups is 1. The van der Waals surface area contributed by atoms with E-state index in [2.05, 4.69) is 0 Å². The van der Waals surface area contributed by atoms with Gasteiger partial charge in [-0.1, -0.05) is 11.6 Å². The summed E-state index contributed by atoms with van der Waals surface area (Å²) in [6, 6.07) is 4.95. The molecule has 0 saturated heterocycles. The van der Waals surface area contributed by atoms with E-state index < -0.39 is 0 Å². The Kier molecular flexibility index (Phi) is 4.46. The molecule has 0 bridgehead atoms. The highest BCUT2D eigenvalue weighted by Crippen LogP contribution is 2.24. The molecule has 1 aromatic rings. The van der Waals surface area contributed by atoms with Gasteiger partial charge in [-0.15, -0.1) is 0 Å². The lowest BCUT2D eigenvalue weighted by Gasteiger charge is -2.11. The summed E-state index contributed by atoms with van der Waals surface area (Å²) in [5.74, 6) is -0.188. The van der Waals surface area contributed by atoms with E-state index >= 15 is 0 Å². The second-order valence-electron chi connectivity index (χ2n) is 4.24. The maximum Gasteiger partial charge on any atom is 0.189 e. The molecule has 0 aliphatic carbocycles. The van der Waals surface area contributed by atoms with Crippen molar-refractivity contribution in [2.75, 3.05) is 7.11 Å². The topological polar surface area (TPSA) is 46.5 Å². The van der Waals surface area contributed by atoms with Crippen molar-refractivity contribution in [1.82, 2.24) is 0 Å². The van der Waals surface area contributed by atoms with E-state index in [1.165, 1.54) is 12.1 Å². The molecule has 0 aliphatic rings. The van der Waals surface area contributed by atoms with Crippen molar-refractivity contribution >= 4 is 5.78 Å². The van der Waals surface area contributed by atoms with Gasteiger partial charge in [-0.3, -0.25) is 4.79 Å². The maximum absolute atomic E-state index is 11.9. The van der Waals surface area contributed by atoms with Crippen LogP contribution < -0.4 is 0 Å². The lowest BCUT2D eigenvalue weighted by Crippen LogP contribution is -2.01. The number of hydrogen-bond acceptors (Lipinski definition) is 3. The van der Waals surface area contributed by atoms with E-state index in [4.69, 9.17) is 4.74 Å². The Labute approximate surface area is 102 Å². The predicted molar refractivity (Wildman–Crippen MR) is 67.3 cm³/mol. The minimum atomic E-state index is -0.187. The van der Waals surface area contributed by atoms with Crippen LogP contribution in [0.2, 0.25) is 0 Å². The molecule has 0 heterocycles. The zero-order valence-electron chi connectivity index (χ0n) is 10.7. The number of benzene rings is 1. The van der Waals surface area contributed by atoms with E-state index in [0.29, 0.717) is 5.56 Å². The third kappa shape index (κ3) is 3.43. The molecule has 0 amide bonds. The quantitative estimate of drug-likeness (QED) is 0.642. The average Bonchev–Trinajstić information content (AvgIpc) is 2.27. The van der Waals surface area contributed by atoms with Crippen molar-refractivity contribution in [3.8, 4) is 5.75 Å². The van der Waals surface area contributed by atoms with E-state index in [1.807, 2.05) is 20.8 Å². The number of ether oxygens (including phenoxy) is 1.